The molecule has 0 bridgehead atoms. The molecule has 0 aliphatic heterocycles. The summed E-state index contributed by atoms with van der Waals surface area (Å²) in [5.41, 5.74) is 1.29. The van der Waals surface area contributed by atoms with Crippen LogP contribution in [0.5, 0.6) is 0 Å². The first-order valence-electron chi connectivity index (χ1n) is 6.08. The number of halogens is 1. The average Bonchev–Trinajstić information content (AvgIpc) is 3.17. The van der Waals surface area contributed by atoms with Crippen LogP contribution in [0.4, 0.5) is 5.95 Å². The summed E-state index contributed by atoms with van der Waals surface area (Å²) in [6.07, 6.45) is 0. The van der Waals surface area contributed by atoms with E-state index >= 15 is 0 Å². The van der Waals surface area contributed by atoms with E-state index in [9.17, 15) is 4.79 Å². The number of pyridine rings is 1. The molecule has 0 atom stereocenters. The van der Waals surface area contributed by atoms with E-state index in [0.29, 0.717) is 16.2 Å². The first-order valence-corrected chi connectivity index (χ1v) is 6.45. The predicted octanol–water partition coefficient (Wildman–Crippen LogP) is 0.696. The second-order valence-corrected chi connectivity index (χ2v) is 4.82. The third kappa shape index (κ3) is 1.93. The molecule has 1 amide bonds. The molecule has 10 nitrogen and oxygen atoms in total. The van der Waals surface area contributed by atoms with Gasteiger partial charge < -0.3 is 0 Å². The molecule has 3 aromatic heterocycles. The predicted molar refractivity (Wildman–Crippen MR) is 75.4 cm³/mol. The van der Waals surface area contributed by atoms with Gasteiger partial charge in [0.2, 0.25) is 5.95 Å². The number of H-pyrrole nitrogens is 1. The molecule has 1 aromatic carbocycles. The third-order valence-electron chi connectivity index (χ3n) is 3.05. The molecule has 0 aliphatic rings. The zero-order valence-corrected chi connectivity index (χ0v) is 11.5. The number of fused-ring (bicyclic) bond motifs is 3. The summed E-state index contributed by atoms with van der Waals surface area (Å²) in [4.78, 5) is 12.4. The number of carbonyl (C=O) groups excluding carboxylic acids is 1. The van der Waals surface area contributed by atoms with Crippen molar-refractivity contribution in [3.63, 3.8) is 0 Å². The van der Waals surface area contributed by atoms with E-state index in [2.05, 4.69) is 41.5 Å². The van der Waals surface area contributed by atoms with Crippen LogP contribution in [0, 0.1) is 0 Å². The minimum Gasteiger partial charge on any atom is -0.289 e. The van der Waals surface area contributed by atoms with Gasteiger partial charge in [-0.05, 0) is 39.1 Å². The minimum absolute atomic E-state index is 0.131. The fourth-order valence-electron chi connectivity index (χ4n) is 2.11. The normalized spacial score (nSPS) is 11.1. The standard InChI is InChI=1S/C11H6ClN9O/c12-6-2-1-5-3-7(10(22)13-11-15-17-18-16-11)9-14-19-20-21(9)8(5)4-6/h1-4H,(H2,13,15,16,17,18,22). The van der Waals surface area contributed by atoms with Gasteiger partial charge in [-0.1, -0.05) is 22.8 Å². The van der Waals surface area contributed by atoms with Crippen molar-refractivity contribution in [2.45, 2.75) is 0 Å². The molecule has 0 saturated heterocycles. The Labute approximate surface area is 126 Å². The maximum Gasteiger partial charge on any atom is 0.261 e. The Morgan fingerprint density at radius 1 is 1.23 bits per heavy atom. The third-order valence-corrected chi connectivity index (χ3v) is 3.29. The first-order chi connectivity index (χ1) is 10.7. The van der Waals surface area contributed by atoms with E-state index in [-0.39, 0.29) is 11.5 Å². The lowest BCUT2D eigenvalue weighted by atomic mass is 10.1. The lowest BCUT2D eigenvalue weighted by Gasteiger charge is -2.06. The highest BCUT2D eigenvalue weighted by Gasteiger charge is 2.17. The molecule has 0 spiro atoms. The average molecular weight is 316 g/mol. The van der Waals surface area contributed by atoms with Crippen molar-refractivity contribution in [2.75, 3.05) is 5.32 Å². The summed E-state index contributed by atoms with van der Waals surface area (Å²) < 4.78 is 1.45. The van der Waals surface area contributed by atoms with Gasteiger partial charge in [-0.25, -0.2) is 5.10 Å². The van der Waals surface area contributed by atoms with Crippen LogP contribution in [0.1, 0.15) is 10.4 Å². The largest absolute Gasteiger partial charge is 0.289 e. The smallest absolute Gasteiger partial charge is 0.261 e. The summed E-state index contributed by atoms with van der Waals surface area (Å²) in [5.74, 6) is -0.304. The first kappa shape index (κ1) is 12.6. The number of nitrogens with zero attached hydrogens (tertiary/aromatic N) is 7. The number of aromatic nitrogens is 8. The van der Waals surface area contributed by atoms with E-state index in [1.54, 1.807) is 24.3 Å². The Morgan fingerprint density at radius 2 is 2.14 bits per heavy atom. The molecule has 4 aromatic rings. The number of hydrogen-bond acceptors (Lipinski definition) is 7. The number of amides is 1. The summed E-state index contributed by atoms with van der Waals surface area (Å²) in [7, 11) is 0. The SMILES string of the molecule is O=C(Nc1nnn[nH]1)c1cc2ccc(Cl)cc2n2nnnc12. The number of carbonyl (C=O) groups is 1. The number of nitrogens with one attached hydrogen (secondary N) is 2. The van der Waals surface area contributed by atoms with Crippen LogP contribution >= 0.6 is 11.6 Å². The van der Waals surface area contributed by atoms with E-state index < -0.39 is 5.91 Å². The summed E-state index contributed by atoms with van der Waals surface area (Å²) in [5, 5.41) is 28.1. The van der Waals surface area contributed by atoms with Crippen molar-refractivity contribution in [2.24, 2.45) is 0 Å². The molecular formula is C11H6ClN9O. The lowest BCUT2D eigenvalue weighted by molar-refractivity contribution is 0.102. The number of aromatic amines is 1. The number of anilines is 1. The maximum atomic E-state index is 12.4. The number of rotatable bonds is 2. The highest BCUT2D eigenvalue weighted by Crippen LogP contribution is 2.22. The van der Waals surface area contributed by atoms with Crippen LogP contribution in [0.2, 0.25) is 5.02 Å². The van der Waals surface area contributed by atoms with Gasteiger partial charge in [-0.2, -0.15) is 4.52 Å². The monoisotopic (exact) mass is 315 g/mol. The van der Waals surface area contributed by atoms with Crippen LogP contribution in [-0.2, 0) is 0 Å². The second kappa shape index (κ2) is 4.70. The number of tetrazole rings is 2. The van der Waals surface area contributed by atoms with Crippen LogP contribution in [0.3, 0.4) is 0 Å². The van der Waals surface area contributed by atoms with Gasteiger partial charge in [0.15, 0.2) is 5.65 Å². The van der Waals surface area contributed by atoms with Crippen LogP contribution in [0.15, 0.2) is 24.3 Å². The van der Waals surface area contributed by atoms with Gasteiger partial charge in [-0.3, -0.25) is 10.1 Å². The van der Waals surface area contributed by atoms with Crippen LogP contribution in [-0.4, -0.2) is 46.6 Å². The van der Waals surface area contributed by atoms with Crippen LogP contribution in [0.25, 0.3) is 16.6 Å². The molecule has 0 fully saturated rings. The summed E-state index contributed by atoms with van der Waals surface area (Å²) in [6, 6.07) is 6.91. The highest BCUT2D eigenvalue weighted by molar-refractivity contribution is 6.31. The molecular weight excluding hydrogens is 310 g/mol. The summed E-state index contributed by atoms with van der Waals surface area (Å²) >= 11 is 6.00. The van der Waals surface area contributed by atoms with Crippen molar-refractivity contribution in [3.8, 4) is 0 Å². The van der Waals surface area contributed by atoms with Gasteiger partial charge in [-0.15, -0.1) is 5.10 Å². The molecule has 2 N–H and O–H groups in total. The zero-order chi connectivity index (χ0) is 15.1. The molecule has 4 rings (SSSR count). The van der Waals surface area contributed by atoms with Crippen molar-refractivity contribution in [3.05, 3.63) is 34.9 Å². The van der Waals surface area contributed by atoms with Crippen molar-refractivity contribution in [1.82, 2.24) is 40.7 Å². The van der Waals surface area contributed by atoms with Gasteiger partial charge in [0, 0.05) is 10.4 Å². The Morgan fingerprint density at radius 3 is 2.95 bits per heavy atom. The molecule has 0 aliphatic carbocycles. The molecule has 22 heavy (non-hydrogen) atoms. The van der Waals surface area contributed by atoms with E-state index in [0.717, 1.165) is 5.39 Å². The van der Waals surface area contributed by atoms with E-state index in [1.165, 1.54) is 4.52 Å². The van der Waals surface area contributed by atoms with Gasteiger partial charge in [0.25, 0.3) is 5.91 Å². The molecule has 3 heterocycles. The Kier molecular flexibility index (Phi) is 2.69. The number of benzene rings is 1. The van der Waals surface area contributed by atoms with E-state index in [4.69, 9.17) is 11.6 Å². The molecule has 0 unspecified atom stereocenters. The summed E-state index contributed by atoms with van der Waals surface area (Å²) in [6.45, 7) is 0. The van der Waals surface area contributed by atoms with Crippen LogP contribution < -0.4 is 5.32 Å². The Balaban J connectivity index is 1.90. The Bertz CT molecular complexity index is 994. The molecule has 0 radical (unpaired) electrons. The van der Waals surface area contributed by atoms with Crippen molar-refractivity contribution < 1.29 is 4.79 Å². The minimum atomic E-state index is -0.435. The molecule has 0 saturated carbocycles. The fourth-order valence-corrected chi connectivity index (χ4v) is 2.28. The zero-order valence-electron chi connectivity index (χ0n) is 10.7. The quantitative estimate of drug-likeness (QED) is 0.557. The second-order valence-electron chi connectivity index (χ2n) is 4.38. The van der Waals surface area contributed by atoms with Crippen molar-refractivity contribution in [1.29, 1.82) is 0 Å². The van der Waals surface area contributed by atoms with Gasteiger partial charge in [0.1, 0.15) is 0 Å². The fraction of sp³-hybridized carbons (Fsp3) is 0. The Hall–Kier alpha value is -3.14. The lowest BCUT2D eigenvalue weighted by Crippen LogP contribution is -2.15. The van der Waals surface area contributed by atoms with Gasteiger partial charge >= 0.3 is 0 Å². The van der Waals surface area contributed by atoms with Gasteiger partial charge in [0.05, 0.1) is 11.1 Å². The topological polar surface area (TPSA) is 127 Å². The molecule has 108 valence electrons. The number of hydrogen-bond donors (Lipinski definition) is 2. The van der Waals surface area contributed by atoms with Crippen molar-refractivity contribution >= 4 is 40.0 Å². The highest BCUT2D eigenvalue weighted by atomic mass is 35.5. The van der Waals surface area contributed by atoms with E-state index in [1.807, 2.05) is 0 Å². The molecule has 11 heteroatoms. The maximum absolute atomic E-state index is 12.4.